The predicted octanol–water partition coefficient (Wildman–Crippen LogP) is 1.33. The van der Waals surface area contributed by atoms with Crippen LogP contribution in [0.15, 0.2) is 18.2 Å². The average molecular weight is 249 g/mol. The van der Waals surface area contributed by atoms with Crippen molar-refractivity contribution in [1.82, 2.24) is 9.88 Å². The molecular weight excluding hydrogens is 226 g/mol. The van der Waals surface area contributed by atoms with Crippen molar-refractivity contribution < 1.29 is 4.74 Å². The molecule has 100 valence electrons. The van der Waals surface area contributed by atoms with Crippen molar-refractivity contribution in [2.24, 2.45) is 5.73 Å². The van der Waals surface area contributed by atoms with Crippen molar-refractivity contribution >= 4 is 0 Å². The van der Waals surface area contributed by atoms with E-state index in [0.29, 0.717) is 6.04 Å². The molecule has 0 saturated carbocycles. The summed E-state index contributed by atoms with van der Waals surface area (Å²) in [5.74, 6) is 0. The second kappa shape index (κ2) is 6.27. The molecule has 1 fully saturated rings. The van der Waals surface area contributed by atoms with Gasteiger partial charge >= 0.3 is 0 Å². The number of aromatic nitrogens is 1. The number of pyridine rings is 1. The molecule has 1 aliphatic heterocycles. The van der Waals surface area contributed by atoms with Crippen LogP contribution in [0.1, 0.15) is 24.7 Å². The van der Waals surface area contributed by atoms with E-state index < -0.39 is 0 Å². The second-order valence-corrected chi connectivity index (χ2v) is 4.93. The van der Waals surface area contributed by atoms with E-state index in [1.54, 1.807) is 0 Å². The first-order chi connectivity index (χ1) is 8.70. The van der Waals surface area contributed by atoms with Crippen LogP contribution in [0.5, 0.6) is 0 Å². The molecule has 4 heteroatoms. The molecule has 1 aromatic heterocycles. The van der Waals surface area contributed by atoms with E-state index in [1.807, 2.05) is 13.0 Å². The van der Waals surface area contributed by atoms with Crippen LogP contribution in [0, 0.1) is 6.92 Å². The first-order valence-electron chi connectivity index (χ1n) is 6.70. The first-order valence-corrected chi connectivity index (χ1v) is 6.70. The lowest BCUT2D eigenvalue weighted by Gasteiger charge is -2.37. The SMILES string of the molecule is CCN(Cc1cccc(C)n1)C1COCCC1N. The van der Waals surface area contributed by atoms with Gasteiger partial charge in [-0.1, -0.05) is 13.0 Å². The Balaban J connectivity index is 2.04. The van der Waals surface area contributed by atoms with Crippen molar-refractivity contribution in [2.75, 3.05) is 19.8 Å². The zero-order valence-corrected chi connectivity index (χ0v) is 11.3. The number of hydrogen-bond donors (Lipinski definition) is 1. The predicted molar refractivity (Wildman–Crippen MR) is 72.3 cm³/mol. The van der Waals surface area contributed by atoms with Gasteiger partial charge in [-0.25, -0.2) is 0 Å². The largest absolute Gasteiger partial charge is 0.380 e. The zero-order valence-electron chi connectivity index (χ0n) is 11.3. The molecule has 0 amide bonds. The summed E-state index contributed by atoms with van der Waals surface area (Å²) in [5.41, 5.74) is 8.37. The Kier molecular flexibility index (Phi) is 4.69. The number of hydrogen-bond acceptors (Lipinski definition) is 4. The minimum Gasteiger partial charge on any atom is -0.380 e. The number of nitrogens with zero attached hydrogens (tertiary/aromatic N) is 2. The minimum absolute atomic E-state index is 0.212. The Morgan fingerprint density at radius 2 is 2.33 bits per heavy atom. The van der Waals surface area contributed by atoms with Crippen LogP contribution >= 0.6 is 0 Å². The molecule has 1 aromatic rings. The fraction of sp³-hybridized carbons (Fsp3) is 0.643. The molecule has 2 unspecified atom stereocenters. The summed E-state index contributed by atoms with van der Waals surface area (Å²) in [7, 11) is 0. The number of aryl methyl sites for hydroxylation is 1. The third-order valence-electron chi connectivity index (χ3n) is 3.56. The lowest BCUT2D eigenvalue weighted by Crippen LogP contribution is -2.53. The monoisotopic (exact) mass is 249 g/mol. The van der Waals surface area contributed by atoms with Gasteiger partial charge in [0, 0.05) is 30.9 Å². The van der Waals surface area contributed by atoms with Gasteiger partial charge in [0.2, 0.25) is 0 Å². The Bertz CT molecular complexity index is 383. The quantitative estimate of drug-likeness (QED) is 0.874. The summed E-state index contributed by atoms with van der Waals surface area (Å²) in [4.78, 5) is 6.92. The Hall–Kier alpha value is -0.970. The van der Waals surface area contributed by atoms with Crippen LogP contribution < -0.4 is 5.73 Å². The Morgan fingerprint density at radius 1 is 1.50 bits per heavy atom. The Labute approximate surface area is 109 Å². The third-order valence-corrected chi connectivity index (χ3v) is 3.56. The summed E-state index contributed by atoms with van der Waals surface area (Å²) in [5, 5.41) is 0. The molecule has 1 aliphatic rings. The maximum absolute atomic E-state index is 6.20. The van der Waals surface area contributed by atoms with Gasteiger partial charge in [0.05, 0.1) is 12.3 Å². The van der Waals surface area contributed by atoms with Crippen molar-refractivity contribution in [3.63, 3.8) is 0 Å². The van der Waals surface area contributed by atoms with Gasteiger partial charge < -0.3 is 10.5 Å². The van der Waals surface area contributed by atoms with E-state index in [1.165, 1.54) is 0 Å². The van der Waals surface area contributed by atoms with Crippen molar-refractivity contribution in [3.05, 3.63) is 29.6 Å². The molecule has 2 heterocycles. The second-order valence-electron chi connectivity index (χ2n) is 4.93. The van der Waals surface area contributed by atoms with Crippen LogP contribution in [0.3, 0.4) is 0 Å². The molecule has 2 rings (SSSR count). The molecule has 4 nitrogen and oxygen atoms in total. The van der Waals surface area contributed by atoms with Gasteiger partial charge in [0.25, 0.3) is 0 Å². The standard InChI is InChI=1S/C14H23N3O/c1-3-17(14-10-18-8-7-13(14)15)9-12-6-4-5-11(2)16-12/h4-6,13-14H,3,7-10,15H2,1-2H3. The smallest absolute Gasteiger partial charge is 0.0637 e. The van der Waals surface area contributed by atoms with Crippen LogP contribution in [-0.4, -0.2) is 41.7 Å². The van der Waals surface area contributed by atoms with E-state index in [0.717, 1.165) is 44.1 Å². The lowest BCUT2D eigenvalue weighted by molar-refractivity contribution is 0.00409. The summed E-state index contributed by atoms with van der Waals surface area (Å²) >= 11 is 0. The molecule has 2 N–H and O–H groups in total. The molecule has 1 saturated heterocycles. The molecule has 2 atom stereocenters. The lowest BCUT2D eigenvalue weighted by atomic mass is 10.0. The van der Waals surface area contributed by atoms with Gasteiger partial charge in [-0.15, -0.1) is 0 Å². The number of rotatable bonds is 4. The molecule has 0 bridgehead atoms. The van der Waals surface area contributed by atoms with Gasteiger partial charge in [0.1, 0.15) is 0 Å². The normalized spacial score (nSPS) is 24.4. The fourth-order valence-electron chi connectivity index (χ4n) is 2.47. The van der Waals surface area contributed by atoms with Crippen LogP contribution in [0.25, 0.3) is 0 Å². The molecule has 0 aliphatic carbocycles. The summed E-state index contributed by atoms with van der Waals surface area (Å²) < 4.78 is 5.55. The van der Waals surface area contributed by atoms with E-state index >= 15 is 0 Å². The maximum Gasteiger partial charge on any atom is 0.0637 e. The average Bonchev–Trinajstić information content (AvgIpc) is 2.37. The highest BCUT2D eigenvalue weighted by molar-refractivity contribution is 5.10. The van der Waals surface area contributed by atoms with Gasteiger partial charge in [0.15, 0.2) is 0 Å². The number of ether oxygens (including phenoxy) is 1. The van der Waals surface area contributed by atoms with Gasteiger partial charge in [-0.2, -0.15) is 0 Å². The molecule has 0 radical (unpaired) electrons. The van der Waals surface area contributed by atoms with Crippen LogP contribution in [0.2, 0.25) is 0 Å². The van der Waals surface area contributed by atoms with E-state index in [4.69, 9.17) is 10.5 Å². The number of nitrogens with two attached hydrogens (primary N) is 1. The van der Waals surface area contributed by atoms with E-state index in [9.17, 15) is 0 Å². The topological polar surface area (TPSA) is 51.4 Å². The number of likely N-dealkylation sites (N-methyl/N-ethyl adjacent to an activating group) is 1. The van der Waals surface area contributed by atoms with Crippen molar-refractivity contribution in [2.45, 2.75) is 38.9 Å². The minimum atomic E-state index is 0.212. The van der Waals surface area contributed by atoms with Gasteiger partial charge in [-0.3, -0.25) is 9.88 Å². The highest BCUT2D eigenvalue weighted by Gasteiger charge is 2.27. The van der Waals surface area contributed by atoms with E-state index in [-0.39, 0.29) is 6.04 Å². The van der Waals surface area contributed by atoms with Crippen LogP contribution in [-0.2, 0) is 11.3 Å². The summed E-state index contributed by atoms with van der Waals surface area (Å²) in [6.45, 7) is 7.53. The molecule has 0 spiro atoms. The highest BCUT2D eigenvalue weighted by atomic mass is 16.5. The summed E-state index contributed by atoms with van der Waals surface area (Å²) in [6, 6.07) is 6.68. The maximum atomic E-state index is 6.20. The zero-order chi connectivity index (χ0) is 13.0. The molecule has 0 aromatic carbocycles. The molecular formula is C14H23N3O. The third kappa shape index (κ3) is 3.28. The molecule has 18 heavy (non-hydrogen) atoms. The van der Waals surface area contributed by atoms with Crippen LogP contribution in [0.4, 0.5) is 0 Å². The fourth-order valence-corrected chi connectivity index (χ4v) is 2.47. The van der Waals surface area contributed by atoms with Crippen molar-refractivity contribution in [3.8, 4) is 0 Å². The first kappa shape index (κ1) is 13.5. The van der Waals surface area contributed by atoms with Gasteiger partial charge in [-0.05, 0) is 32.0 Å². The Morgan fingerprint density at radius 3 is 3.00 bits per heavy atom. The van der Waals surface area contributed by atoms with E-state index in [2.05, 4.69) is 28.9 Å². The van der Waals surface area contributed by atoms with Crippen molar-refractivity contribution in [1.29, 1.82) is 0 Å². The summed E-state index contributed by atoms with van der Waals surface area (Å²) in [6.07, 6.45) is 0.947. The highest BCUT2D eigenvalue weighted by Crippen LogP contribution is 2.15.